The molecule has 0 saturated carbocycles. The van der Waals surface area contributed by atoms with Gasteiger partial charge in [-0.15, -0.1) is 0 Å². The SMILES string of the molecule is CC1=CCCC2=C1C1(C3=C2CCC=C3)c2ccccc2-c2ccccc21. The van der Waals surface area contributed by atoms with Crippen LogP contribution in [0, 0.1) is 0 Å². The largest absolute Gasteiger partial charge is 0.0839 e. The Morgan fingerprint density at radius 3 is 2.15 bits per heavy atom. The number of hydrogen-bond donors (Lipinski definition) is 0. The Hall–Kier alpha value is -2.60. The summed E-state index contributed by atoms with van der Waals surface area (Å²) in [6.07, 6.45) is 12.1. The van der Waals surface area contributed by atoms with Crippen LogP contribution in [0.15, 0.2) is 94.6 Å². The molecule has 2 aromatic rings. The molecule has 6 rings (SSSR count). The molecule has 0 N–H and O–H groups in total. The van der Waals surface area contributed by atoms with E-state index < -0.39 is 0 Å². The maximum atomic E-state index is 2.46. The zero-order valence-corrected chi connectivity index (χ0v) is 15.2. The van der Waals surface area contributed by atoms with Crippen LogP contribution in [0.3, 0.4) is 0 Å². The first-order valence-corrected chi connectivity index (χ1v) is 9.84. The Morgan fingerprint density at radius 2 is 1.42 bits per heavy atom. The van der Waals surface area contributed by atoms with E-state index in [0.717, 1.165) is 0 Å². The number of allylic oxidation sites excluding steroid dienone is 8. The van der Waals surface area contributed by atoms with Gasteiger partial charge in [-0.1, -0.05) is 72.3 Å². The van der Waals surface area contributed by atoms with Crippen molar-refractivity contribution in [2.75, 3.05) is 0 Å². The highest BCUT2D eigenvalue weighted by Crippen LogP contribution is 2.64. The van der Waals surface area contributed by atoms with E-state index in [9.17, 15) is 0 Å². The van der Waals surface area contributed by atoms with Crippen LogP contribution in [0.4, 0.5) is 0 Å². The molecular weight excluding hydrogens is 312 g/mol. The second kappa shape index (κ2) is 4.98. The fraction of sp³-hybridized carbons (Fsp3) is 0.231. The van der Waals surface area contributed by atoms with Crippen molar-refractivity contribution in [3.63, 3.8) is 0 Å². The molecule has 0 aromatic heterocycles. The zero-order valence-electron chi connectivity index (χ0n) is 15.2. The van der Waals surface area contributed by atoms with E-state index in [-0.39, 0.29) is 5.41 Å². The summed E-state index contributed by atoms with van der Waals surface area (Å²) in [6.45, 7) is 2.34. The number of hydrogen-bond acceptors (Lipinski definition) is 0. The van der Waals surface area contributed by atoms with Gasteiger partial charge in [-0.25, -0.2) is 0 Å². The van der Waals surface area contributed by atoms with Gasteiger partial charge >= 0.3 is 0 Å². The predicted octanol–water partition coefficient (Wildman–Crippen LogP) is 6.65. The second-order valence-corrected chi connectivity index (χ2v) is 7.95. The van der Waals surface area contributed by atoms with Crippen LogP contribution in [-0.4, -0.2) is 0 Å². The van der Waals surface area contributed by atoms with Crippen molar-refractivity contribution in [2.45, 2.75) is 38.0 Å². The lowest BCUT2D eigenvalue weighted by Gasteiger charge is -2.35. The van der Waals surface area contributed by atoms with E-state index in [4.69, 9.17) is 0 Å². The number of benzene rings is 2. The van der Waals surface area contributed by atoms with Crippen LogP contribution in [0.25, 0.3) is 11.1 Å². The monoisotopic (exact) mass is 334 g/mol. The van der Waals surface area contributed by atoms with E-state index in [0.29, 0.717) is 0 Å². The molecule has 0 aliphatic heterocycles. The smallest absolute Gasteiger partial charge is 0.0721 e. The van der Waals surface area contributed by atoms with Crippen LogP contribution >= 0.6 is 0 Å². The molecule has 4 aliphatic carbocycles. The lowest BCUT2D eigenvalue weighted by atomic mass is 9.66. The van der Waals surface area contributed by atoms with Crippen molar-refractivity contribution in [1.82, 2.24) is 0 Å². The zero-order chi connectivity index (χ0) is 17.3. The van der Waals surface area contributed by atoms with Gasteiger partial charge in [0, 0.05) is 0 Å². The molecule has 0 saturated heterocycles. The molecule has 1 spiro atoms. The van der Waals surface area contributed by atoms with E-state index in [2.05, 4.69) is 73.7 Å². The molecule has 0 unspecified atom stereocenters. The van der Waals surface area contributed by atoms with E-state index in [1.807, 2.05) is 0 Å². The summed E-state index contributed by atoms with van der Waals surface area (Å²) in [7, 11) is 0. The molecule has 0 heterocycles. The molecule has 0 heteroatoms. The lowest BCUT2D eigenvalue weighted by Crippen LogP contribution is -2.29. The highest BCUT2D eigenvalue weighted by molar-refractivity contribution is 5.90. The van der Waals surface area contributed by atoms with Gasteiger partial charge in [0.25, 0.3) is 0 Å². The van der Waals surface area contributed by atoms with Gasteiger partial charge in [0.2, 0.25) is 0 Å². The minimum atomic E-state index is -0.0875. The number of fused-ring (bicyclic) bond motifs is 8. The summed E-state index contributed by atoms with van der Waals surface area (Å²) in [5.41, 5.74) is 13.6. The molecule has 0 radical (unpaired) electrons. The van der Waals surface area contributed by atoms with Gasteiger partial charge in [-0.2, -0.15) is 0 Å². The Labute approximate surface area is 155 Å². The molecule has 4 aliphatic rings. The first-order valence-electron chi connectivity index (χ1n) is 9.84. The highest BCUT2D eigenvalue weighted by Gasteiger charge is 2.53. The van der Waals surface area contributed by atoms with E-state index >= 15 is 0 Å². The van der Waals surface area contributed by atoms with Gasteiger partial charge in [0.05, 0.1) is 5.41 Å². The van der Waals surface area contributed by atoms with Crippen LogP contribution in [0.2, 0.25) is 0 Å². The molecule has 2 aromatic carbocycles. The molecule has 0 amide bonds. The van der Waals surface area contributed by atoms with Gasteiger partial charge < -0.3 is 0 Å². The first-order chi connectivity index (χ1) is 12.8. The molecule has 0 bridgehead atoms. The Bertz CT molecular complexity index is 1040. The van der Waals surface area contributed by atoms with Crippen molar-refractivity contribution < 1.29 is 0 Å². The number of rotatable bonds is 0. The van der Waals surface area contributed by atoms with Crippen molar-refractivity contribution in [3.05, 3.63) is 106 Å². The summed E-state index contributed by atoms with van der Waals surface area (Å²) in [5, 5.41) is 0. The topological polar surface area (TPSA) is 0 Å². The highest BCUT2D eigenvalue weighted by atomic mass is 14.5. The van der Waals surface area contributed by atoms with Crippen molar-refractivity contribution >= 4 is 0 Å². The minimum Gasteiger partial charge on any atom is -0.0839 e. The predicted molar refractivity (Wildman–Crippen MR) is 108 cm³/mol. The van der Waals surface area contributed by atoms with Gasteiger partial charge in [-0.3, -0.25) is 0 Å². The molecular formula is C26H22. The fourth-order valence-electron chi connectivity index (χ4n) is 5.98. The van der Waals surface area contributed by atoms with Crippen LogP contribution < -0.4 is 0 Å². The first kappa shape index (κ1) is 14.6. The maximum Gasteiger partial charge on any atom is 0.0721 e. The Kier molecular flexibility index (Phi) is 2.79. The maximum absolute atomic E-state index is 2.46. The standard InChI is InChI=1S/C26H22/c1-17-9-8-13-21-20-12-4-7-16-24(20)26(25(17)21)22-14-5-2-10-18(22)19-11-3-6-15-23(19)26/h2-3,5-7,9-11,14-16H,4,8,12-13H2,1H3. The van der Waals surface area contributed by atoms with E-state index in [1.165, 1.54) is 53.5 Å². The molecule has 0 atom stereocenters. The quantitative estimate of drug-likeness (QED) is 0.506. The van der Waals surface area contributed by atoms with Crippen LogP contribution in [-0.2, 0) is 5.41 Å². The van der Waals surface area contributed by atoms with Gasteiger partial charge in [0.1, 0.15) is 0 Å². The van der Waals surface area contributed by atoms with E-state index in [1.54, 1.807) is 22.3 Å². The van der Waals surface area contributed by atoms with Gasteiger partial charge in [-0.05, 0) is 77.2 Å². The average Bonchev–Trinajstić information content (AvgIpc) is 3.16. The van der Waals surface area contributed by atoms with Crippen molar-refractivity contribution in [1.29, 1.82) is 0 Å². The third-order valence-corrected chi connectivity index (χ3v) is 6.81. The normalized spacial score (nSPS) is 21.5. The third-order valence-electron chi connectivity index (χ3n) is 6.81. The third kappa shape index (κ3) is 1.53. The molecule has 26 heavy (non-hydrogen) atoms. The molecule has 0 nitrogen and oxygen atoms in total. The minimum absolute atomic E-state index is 0.0875. The molecule has 126 valence electrons. The van der Waals surface area contributed by atoms with Crippen molar-refractivity contribution in [3.8, 4) is 11.1 Å². The second-order valence-electron chi connectivity index (χ2n) is 7.95. The summed E-state index contributed by atoms with van der Waals surface area (Å²) >= 11 is 0. The fourth-order valence-corrected chi connectivity index (χ4v) is 5.98. The molecule has 0 fully saturated rings. The van der Waals surface area contributed by atoms with Crippen molar-refractivity contribution in [2.24, 2.45) is 0 Å². The Balaban J connectivity index is 1.81. The summed E-state index contributed by atoms with van der Waals surface area (Å²) in [5.74, 6) is 0. The Morgan fingerprint density at radius 1 is 0.769 bits per heavy atom. The summed E-state index contributed by atoms with van der Waals surface area (Å²) in [4.78, 5) is 0. The average molecular weight is 334 g/mol. The van der Waals surface area contributed by atoms with Crippen LogP contribution in [0.1, 0.15) is 43.7 Å². The lowest BCUT2D eigenvalue weighted by molar-refractivity contribution is 0.747. The van der Waals surface area contributed by atoms with Crippen LogP contribution in [0.5, 0.6) is 0 Å². The van der Waals surface area contributed by atoms with Gasteiger partial charge in [0.15, 0.2) is 0 Å². The summed E-state index contributed by atoms with van der Waals surface area (Å²) < 4.78 is 0. The summed E-state index contributed by atoms with van der Waals surface area (Å²) in [6, 6.07) is 18.2.